The van der Waals surface area contributed by atoms with Crippen LogP contribution < -0.4 is 5.32 Å². The molecule has 2 aromatic heterocycles. The Balaban J connectivity index is 1.72. The largest absolute Gasteiger partial charge is 0.344 e. The fourth-order valence-corrected chi connectivity index (χ4v) is 3.63. The summed E-state index contributed by atoms with van der Waals surface area (Å²) in [6, 6.07) is 12.6. The van der Waals surface area contributed by atoms with E-state index in [9.17, 15) is 4.79 Å². The first-order valence-electron chi connectivity index (χ1n) is 8.92. The van der Waals surface area contributed by atoms with Gasteiger partial charge in [0.05, 0.1) is 12.6 Å². The molecule has 0 spiro atoms. The average Bonchev–Trinajstić information content (AvgIpc) is 3.38. The molecule has 2 atom stereocenters. The Morgan fingerprint density at radius 2 is 2.00 bits per heavy atom. The van der Waals surface area contributed by atoms with Gasteiger partial charge in [0, 0.05) is 11.3 Å². The van der Waals surface area contributed by atoms with Crippen LogP contribution in [0.15, 0.2) is 54.4 Å². The number of nitrogens with one attached hydrogen (secondary N) is 1. The van der Waals surface area contributed by atoms with Gasteiger partial charge in [-0.2, -0.15) is 5.10 Å². The summed E-state index contributed by atoms with van der Waals surface area (Å²) in [5, 5.41) is 9.25. The first-order chi connectivity index (χ1) is 12.7. The molecule has 136 valence electrons. The maximum atomic E-state index is 12.5. The molecule has 0 bridgehead atoms. The topological polar surface area (TPSA) is 59.8 Å². The molecule has 0 saturated heterocycles. The van der Waals surface area contributed by atoms with E-state index in [-0.39, 0.29) is 11.9 Å². The molecular weight excluding hydrogens is 344 g/mol. The van der Waals surface area contributed by atoms with Gasteiger partial charge in [-0.05, 0) is 34.9 Å². The zero-order chi connectivity index (χ0) is 18.4. The fraction of sp³-hybridized carbons (Fsp3) is 0.350. The van der Waals surface area contributed by atoms with Gasteiger partial charge in [0.1, 0.15) is 12.7 Å². The fourth-order valence-electron chi connectivity index (χ4n) is 2.82. The van der Waals surface area contributed by atoms with Crippen LogP contribution in [-0.4, -0.2) is 20.7 Å². The number of benzene rings is 1. The summed E-state index contributed by atoms with van der Waals surface area (Å²) in [5.41, 5.74) is 2.44. The van der Waals surface area contributed by atoms with Gasteiger partial charge in [-0.1, -0.05) is 44.2 Å². The third-order valence-corrected chi connectivity index (χ3v) is 5.56. The number of rotatable bonds is 8. The average molecular weight is 369 g/mol. The molecule has 1 N–H and O–H groups in total. The van der Waals surface area contributed by atoms with Gasteiger partial charge in [0.15, 0.2) is 0 Å². The molecule has 5 nitrogen and oxygen atoms in total. The van der Waals surface area contributed by atoms with Gasteiger partial charge in [0.25, 0.3) is 0 Å². The number of hydrogen-bond acceptors (Lipinski definition) is 4. The summed E-state index contributed by atoms with van der Waals surface area (Å²) in [7, 11) is 0. The van der Waals surface area contributed by atoms with Gasteiger partial charge in [-0.15, -0.1) is 11.3 Å². The molecule has 3 rings (SSSR count). The van der Waals surface area contributed by atoms with Gasteiger partial charge >= 0.3 is 0 Å². The summed E-state index contributed by atoms with van der Waals surface area (Å²) >= 11 is 1.66. The second-order valence-corrected chi connectivity index (χ2v) is 7.38. The van der Waals surface area contributed by atoms with E-state index in [1.807, 2.05) is 11.4 Å². The van der Waals surface area contributed by atoms with Crippen LogP contribution in [0.1, 0.15) is 54.7 Å². The van der Waals surface area contributed by atoms with Crippen LogP contribution in [-0.2, 0) is 11.3 Å². The second-order valence-electron chi connectivity index (χ2n) is 6.40. The van der Waals surface area contributed by atoms with Crippen molar-refractivity contribution in [3.63, 3.8) is 0 Å². The minimum absolute atomic E-state index is 0.00454. The van der Waals surface area contributed by atoms with Crippen molar-refractivity contribution in [1.29, 1.82) is 0 Å². The van der Waals surface area contributed by atoms with Crippen molar-refractivity contribution < 1.29 is 4.79 Å². The van der Waals surface area contributed by atoms with Crippen LogP contribution in [0.4, 0.5) is 0 Å². The monoisotopic (exact) mass is 368 g/mol. The highest BCUT2D eigenvalue weighted by atomic mass is 32.1. The molecule has 26 heavy (non-hydrogen) atoms. The molecule has 0 aliphatic heterocycles. The zero-order valence-electron chi connectivity index (χ0n) is 15.1. The van der Waals surface area contributed by atoms with E-state index in [4.69, 9.17) is 0 Å². The van der Waals surface area contributed by atoms with Crippen molar-refractivity contribution in [3.05, 3.63) is 70.4 Å². The third kappa shape index (κ3) is 4.58. The molecule has 1 aromatic carbocycles. The number of amides is 1. The quantitative estimate of drug-likeness (QED) is 0.650. The normalized spacial score (nSPS) is 13.3. The molecule has 0 saturated carbocycles. The molecular formula is C20H24N4OS. The molecule has 0 aliphatic rings. The van der Waals surface area contributed by atoms with Gasteiger partial charge in [0.2, 0.25) is 5.91 Å². The molecule has 2 unspecified atom stereocenters. The molecule has 3 aromatic rings. The molecule has 1 amide bonds. The minimum atomic E-state index is -0.121. The van der Waals surface area contributed by atoms with Crippen LogP contribution in [0, 0.1) is 0 Å². The van der Waals surface area contributed by atoms with E-state index in [0.29, 0.717) is 18.9 Å². The SMILES string of the molecule is CCC(C)c1ccc(C(NC(=O)CCn2cncn2)c2cccs2)cc1. The highest BCUT2D eigenvalue weighted by Crippen LogP contribution is 2.28. The van der Waals surface area contributed by atoms with Crippen molar-refractivity contribution >= 4 is 17.2 Å². The van der Waals surface area contributed by atoms with Crippen LogP contribution in [0.3, 0.4) is 0 Å². The Hall–Kier alpha value is -2.47. The minimum Gasteiger partial charge on any atom is -0.344 e. The first kappa shape index (κ1) is 18.3. The lowest BCUT2D eigenvalue weighted by Gasteiger charge is -2.19. The Labute approximate surface area is 158 Å². The van der Waals surface area contributed by atoms with Crippen LogP contribution in [0.2, 0.25) is 0 Å². The number of thiophene rings is 1. The van der Waals surface area contributed by atoms with Gasteiger partial charge in [-0.25, -0.2) is 4.98 Å². The predicted octanol–water partition coefficient (Wildman–Crippen LogP) is 4.15. The third-order valence-electron chi connectivity index (χ3n) is 4.62. The highest BCUT2D eigenvalue weighted by molar-refractivity contribution is 7.10. The second kappa shape index (κ2) is 8.76. The van der Waals surface area contributed by atoms with Gasteiger partial charge < -0.3 is 5.32 Å². The van der Waals surface area contributed by atoms with Crippen LogP contribution >= 0.6 is 11.3 Å². The molecule has 0 radical (unpaired) electrons. The van der Waals surface area contributed by atoms with E-state index < -0.39 is 0 Å². The number of carbonyl (C=O) groups excluding carboxylic acids is 1. The molecule has 0 aliphatic carbocycles. The van der Waals surface area contributed by atoms with Crippen molar-refractivity contribution in [2.24, 2.45) is 0 Å². The van der Waals surface area contributed by atoms with Crippen LogP contribution in [0.25, 0.3) is 0 Å². The van der Waals surface area contributed by atoms with E-state index in [2.05, 4.69) is 59.6 Å². The van der Waals surface area contributed by atoms with Crippen molar-refractivity contribution in [3.8, 4) is 0 Å². The number of carbonyl (C=O) groups is 1. The molecule has 2 heterocycles. The van der Waals surface area contributed by atoms with Crippen molar-refractivity contribution in [1.82, 2.24) is 20.1 Å². The Bertz CT molecular complexity index is 797. The van der Waals surface area contributed by atoms with Gasteiger partial charge in [-0.3, -0.25) is 9.48 Å². The lowest BCUT2D eigenvalue weighted by atomic mass is 9.95. The summed E-state index contributed by atoms with van der Waals surface area (Å²) in [5.74, 6) is 0.548. The highest BCUT2D eigenvalue weighted by Gasteiger charge is 2.18. The summed E-state index contributed by atoms with van der Waals surface area (Å²) in [6.45, 7) is 4.95. The van der Waals surface area contributed by atoms with Crippen molar-refractivity contribution in [2.75, 3.05) is 0 Å². The maximum absolute atomic E-state index is 12.5. The van der Waals surface area contributed by atoms with E-state index >= 15 is 0 Å². The molecule has 6 heteroatoms. The number of aryl methyl sites for hydroxylation is 1. The first-order valence-corrected chi connectivity index (χ1v) is 9.80. The smallest absolute Gasteiger partial charge is 0.222 e. The van der Waals surface area contributed by atoms with E-state index in [1.165, 1.54) is 11.9 Å². The number of hydrogen-bond donors (Lipinski definition) is 1. The van der Waals surface area contributed by atoms with E-state index in [0.717, 1.165) is 16.9 Å². The van der Waals surface area contributed by atoms with Crippen LogP contribution in [0.5, 0.6) is 0 Å². The maximum Gasteiger partial charge on any atom is 0.222 e. The lowest BCUT2D eigenvalue weighted by molar-refractivity contribution is -0.121. The number of aromatic nitrogens is 3. The summed E-state index contributed by atoms with van der Waals surface area (Å²) < 4.78 is 1.67. The summed E-state index contributed by atoms with van der Waals surface area (Å²) in [4.78, 5) is 17.5. The Morgan fingerprint density at radius 1 is 1.23 bits per heavy atom. The van der Waals surface area contributed by atoms with Crippen molar-refractivity contribution in [2.45, 2.75) is 45.2 Å². The lowest BCUT2D eigenvalue weighted by Crippen LogP contribution is -2.29. The Morgan fingerprint density at radius 3 is 2.62 bits per heavy atom. The summed E-state index contributed by atoms with van der Waals surface area (Å²) in [6.07, 6.45) is 4.59. The Kier molecular flexibility index (Phi) is 6.17. The molecule has 0 fully saturated rings. The zero-order valence-corrected chi connectivity index (χ0v) is 15.9. The number of nitrogens with zero attached hydrogens (tertiary/aromatic N) is 3. The van der Waals surface area contributed by atoms with E-state index in [1.54, 1.807) is 22.3 Å². The predicted molar refractivity (Wildman–Crippen MR) is 104 cm³/mol. The standard InChI is InChI=1S/C20H24N4OS/c1-3-15(2)16-6-8-17(9-7-16)20(18-5-4-12-26-18)23-19(25)10-11-24-14-21-13-22-24/h4-9,12-15,20H,3,10-11H2,1-2H3,(H,23,25).